The van der Waals surface area contributed by atoms with Crippen LogP contribution in [0.4, 0.5) is 28.2 Å². The summed E-state index contributed by atoms with van der Waals surface area (Å²) in [6.07, 6.45) is 0. The minimum atomic E-state index is -4.64. The number of hydrogen-bond donors (Lipinski definition) is 3. The van der Waals surface area contributed by atoms with E-state index in [1.807, 2.05) is 0 Å². The summed E-state index contributed by atoms with van der Waals surface area (Å²) < 4.78 is 8.88. The molecule has 4 nitrogen and oxygen atoms in total. The molecule has 0 aliphatic heterocycles. The van der Waals surface area contributed by atoms with Gasteiger partial charge in [0, 0.05) is 0 Å². The van der Waals surface area contributed by atoms with Crippen LogP contribution in [-0.4, -0.2) is 14.7 Å². The predicted octanol–water partition coefficient (Wildman–Crippen LogP) is -2.90. The average molecular weight is 226 g/mol. The van der Waals surface area contributed by atoms with Gasteiger partial charge in [0.2, 0.25) is 0 Å². The fourth-order valence-corrected chi connectivity index (χ4v) is 0. The standard InChI is InChI=1S/6FH.Li.H3O4P.H/c;;;;;;;1-5(2,3)4;/h6*1H;;(H3,1,2,3,4);/q;;;;;;+1;;-1. The van der Waals surface area contributed by atoms with E-state index in [2.05, 4.69) is 0 Å². The van der Waals surface area contributed by atoms with E-state index in [0.717, 1.165) is 0 Å². The summed E-state index contributed by atoms with van der Waals surface area (Å²) in [5.41, 5.74) is 0. The van der Waals surface area contributed by atoms with E-state index in [9.17, 15) is 0 Å². The van der Waals surface area contributed by atoms with E-state index in [1.54, 1.807) is 0 Å². The maximum atomic E-state index is 8.88. The number of phosphoric acid groups is 1. The van der Waals surface area contributed by atoms with Gasteiger partial charge < -0.3 is 16.1 Å². The maximum absolute atomic E-state index is 8.88. The first-order valence-electron chi connectivity index (χ1n) is 0.783. The molecule has 0 radical (unpaired) electrons. The van der Waals surface area contributed by atoms with Crippen LogP contribution in [0.25, 0.3) is 0 Å². The van der Waals surface area contributed by atoms with Crippen molar-refractivity contribution in [1.82, 2.24) is 0 Å². The topological polar surface area (TPSA) is 77.8 Å². The summed E-state index contributed by atoms with van der Waals surface area (Å²) >= 11 is 0. The molecular weight excluding hydrogens is 216 g/mol. The van der Waals surface area contributed by atoms with E-state index in [0.29, 0.717) is 0 Å². The Morgan fingerprint density at radius 3 is 0.750 bits per heavy atom. The van der Waals surface area contributed by atoms with Crippen molar-refractivity contribution >= 4 is 7.82 Å². The van der Waals surface area contributed by atoms with Gasteiger partial charge in [-0.1, -0.05) is 0 Å². The smallest absolute Gasteiger partial charge is 1.00 e. The van der Waals surface area contributed by atoms with Gasteiger partial charge in [-0.05, 0) is 0 Å². The van der Waals surface area contributed by atoms with Gasteiger partial charge in [-0.25, -0.2) is 4.57 Å². The van der Waals surface area contributed by atoms with Gasteiger partial charge in [-0.3, -0.25) is 28.2 Å². The van der Waals surface area contributed by atoms with Crippen molar-refractivity contribution in [3.05, 3.63) is 0 Å². The molecule has 0 saturated carbocycles. The quantitative estimate of drug-likeness (QED) is 0.235. The first kappa shape index (κ1) is 85.2. The molecule has 0 amide bonds. The monoisotopic (exact) mass is 226 g/mol. The van der Waals surface area contributed by atoms with Crippen LogP contribution in [0.5, 0.6) is 0 Å². The molecule has 0 aromatic carbocycles. The van der Waals surface area contributed by atoms with Crippen molar-refractivity contribution in [2.45, 2.75) is 0 Å². The third-order valence-corrected chi connectivity index (χ3v) is 0. The number of hydrogen-bond acceptors (Lipinski definition) is 1. The van der Waals surface area contributed by atoms with Gasteiger partial charge >= 0.3 is 26.7 Å². The molecule has 0 rings (SSSR count). The fraction of sp³-hybridized carbons (Fsp3) is 0. The van der Waals surface area contributed by atoms with Crippen LogP contribution in [0.15, 0.2) is 0 Å². The normalized spacial score (nSPS) is 4.92. The molecule has 0 atom stereocenters. The van der Waals surface area contributed by atoms with Gasteiger partial charge in [0.1, 0.15) is 0 Å². The van der Waals surface area contributed by atoms with Gasteiger partial charge in [-0.2, -0.15) is 0 Å². The van der Waals surface area contributed by atoms with Crippen molar-refractivity contribution in [3.8, 4) is 0 Å². The maximum Gasteiger partial charge on any atom is 1.00 e. The van der Waals surface area contributed by atoms with E-state index in [1.165, 1.54) is 0 Å². The molecule has 0 spiro atoms. The van der Waals surface area contributed by atoms with Crippen LogP contribution in [0.1, 0.15) is 1.43 Å². The Morgan fingerprint density at radius 2 is 0.750 bits per heavy atom. The van der Waals surface area contributed by atoms with Crippen molar-refractivity contribution < 1.29 is 67.8 Å². The van der Waals surface area contributed by atoms with E-state index in [4.69, 9.17) is 19.2 Å². The Labute approximate surface area is 76.5 Å². The van der Waals surface area contributed by atoms with Crippen molar-refractivity contribution in [1.29, 1.82) is 0 Å². The second-order valence-corrected chi connectivity index (χ2v) is 1.54. The van der Waals surface area contributed by atoms with Gasteiger partial charge in [0.05, 0.1) is 0 Å². The summed E-state index contributed by atoms with van der Waals surface area (Å²) in [4.78, 5) is 21.6. The molecule has 0 heterocycles. The minimum absolute atomic E-state index is 0. The molecule has 12 heteroatoms. The third kappa shape index (κ3) is 10700. The summed E-state index contributed by atoms with van der Waals surface area (Å²) in [5.74, 6) is 0. The van der Waals surface area contributed by atoms with Crippen LogP contribution in [0, 0.1) is 0 Å². The fourth-order valence-electron chi connectivity index (χ4n) is 0. The van der Waals surface area contributed by atoms with Crippen LogP contribution < -0.4 is 18.9 Å². The Hall–Kier alpha value is 0.287. The molecule has 0 aromatic heterocycles. The molecule has 12 heavy (non-hydrogen) atoms. The Balaban J connectivity index is -0.00000000286. The largest absolute Gasteiger partial charge is 1.00 e. The summed E-state index contributed by atoms with van der Waals surface area (Å²) in [6, 6.07) is 0. The average Bonchev–Trinajstić information content (AvgIpc) is 0.722. The molecule has 82 valence electrons. The van der Waals surface area contributed by atoms with Gasteiger partial charge in [0.25, 0.3) is 0 Å². The molecule has 0 aliphatic rings. The zero-order valence-electron chi connectivity index (χ0n) is 6.65. The molecule has 0 aliphatic carbocycles. The van der Waals surface area contributed by atoms with Crippen LogP contribution in [-0.2, 0) is 4.57 Å². The zero-order valence-corrected chi connectivity index (χ0v) is 6.54. The van der Waals surface area contributed by atoms with Crippen LogP contribution >= 0.6 is 7.82 Å². The van der Waals surface area contributed by atoms with Crippen LogP contribution in [0.2, 0.25) is 0 Å². The van der Waals surface area contributed by atoms with Crippen molar-refractivity contribution in [2.75, 3.05) is 0 Å². The molecule has 0 unspecified atom stereocenters. The molecule has 0 aromatic rings. The number of rotatable bonds is 0. The zero-order chi connectivity index (χ0) is 4.50. The van der Waals surface area contributed by atoms with Crippen LogP contribution in [0.3, 0.4) is 0 Å². The Morgan fingerprint density at radius 1 is 0.750 bits per heavy atom. The van der Waals surface area contributed by atoms with Crippen molar-refractivity contribution in [2.24, 2.45) is 0 Å². The Bertz CT molecular complexity index is 70.8. The van der Waals surface area contributed by atoms with E-state index >= 15 is 0 Å². The van der Waals surface area contributed by atoms with E-state index < -0.39 is 7.82 Å². The second-order valence-electron chi connectivity index (χ2n) is 0.513. The third-order valence-electron chi connectivity index (χ3n) is 0. The van der Waals surface area contributed by atoms with Gasteiger partial charge in [0.15, 0.2) is 0 Å². The second kappa shape index (κ2) is 30.2. The molecule has 3 N–H and O–H groups in total. The molecule has 0 fully saturated rings. The first-order chi connectivity index (χ1) is 2.00. The first-order valence-corrected chi connectivity index (χ1v) is 2.35. The van der Waals surface area contributed by atoms with Gasteiger partial charge in [-0.15, -0.1) is 0 Å². The summed E-state index contributed by atoms with van der Waals surface area (Å²) in [6.45, 7) is 0. The summed E-state index contributed by atoms with van der Waals surface area (Å²) in [5, 5.41) is 0. The number of halogens is 6. The SMILES string of the molecule is F.F.F.F.F.F.O=P(O)(O)O.[H-].[Li+]. The predicted molar refractivity (Wildman–Crippen MR) is 30.4 cm³/mol. The van der Waals surface area contributed by atoms with E-state index in [-0.39, 0.29) is 48.5 Å². The summed E-state index contributed by atoms with van der Waals surface area (Å²) in [7, 11) is -4.64. The molecule has 0 bridgehead atoms. The Kier molecular flexibility index (Phi) is 214. The van der Waals surface area contributed by atoms with Crippen molar-refractivity contribution in [3.63, 3.8) is 0 Å². The minimum Gasteiger partial charge on any atom is -1.00 e. The molecule has 0 saturated heterocycles. The molecular formula is H10F6LiO4P.